The van der Waals surface area contributed by atoms with E-state index in [1.807, 2.05) is 6.92 Å². The third kappa shape index (κ3) is 2.47. The molecule has 0 amide bonds. The summed E-state index contributed by atoms with van der Waals surface area (Å²) in [5.74, 6) is 0.501. The summed E-state index contributed by atoms with van der Waals surface area (Å²) in [7, 11) is -1.78. The van der Waals surface area contributed by atoms with E-state index in [4.69, 9.17) is 5.11 Å². The molecule has 1 atom stereocenters. The highest BCUT2D eigenvalue weighted by molar-refractivity contribution is 7.89. The Kier molecular flexibility index (Phi) is 3.82. The van der Waals surface area contributed by atoms with Crippen molar-refractivity contribution in [3.8, 4) is 0 Å². The number of hydrogen-bond acceptors (Lipinski definition) is 4. The SMILES string of the molecule is Cc1sc(CO)cc1S(=O)(=O)N(C)C(C)C1CC1. The van der Waals surface area contributed by atoms with Gasteiger partial charge in [0.05, 0.1) is 11.5 Å². The summed E-state index contributed by atoms with van der Waals surface area (Å²) in [5, 5.41) is 9.09. The van der Waals surface area contributed by atoms with Crippen molar-refractivity contribution < 1.29 is 13.5 Å². The van der Waals surface area contributed by atoms with Crippen LogP contribution in [0.4, 0.5) is 0 Å². The number of nitrogens with zero attached hydrogens (tertiary/aromatic N) is 1. The van der Waals surface area contributed by atoms with E-state index >= 15 is 0 Å². The molecule has 1 saturated carbocycles. The number of thiophene rings is 1. The molecule has 1 N–H and O–H groups in total. The Labute approximate surface area is 112 Å². The molecule has 0 bridgehead atoms. The molecule has 2 rings (SSSR count). The van der Waals surface area contributed by atoms with Gasteiger partial charge >= 0.3 is 0 Å². The Hall–Kier alpha value is -0.430. The van der Waals surface area contributed by atoms with Crippen LogP contribution in [0.15, 0.2) is 11.0 Å². The summed E-state index contributed by atoms with van der Waals surface area (Å²) in [4.78, 5) is 1.78. The first kappa shape index (κ1) is 14.0. The topological polar surface area (TPSA) is 57.6 Å². The first-order valence-corrected chi connectivity index (χ1v) is 8.31. The van der Waals surface area contributed by atoms with Crippen molar-refractivity contribution >= 4 is 21.4 Å². The van der Waals surface area contributed by atoms with Crippen molar-refractivity contribution in [2.75, 3.05) is 7.05 Å². The van der Waals surface area contributed by atoms with E-state index < -0.39 is 10.0 Å². The summed E-state index contributed by atoms with van der Waals surface area (Å²) in [6, 6.07) is 1.64. The third-order valence-electron chi connectivity index (χ3n) is 3.61. The lowest BCUT2D eigenvalue weighted by atomic mass is 10.2. The number of aliphatic hydroxyl groups is 1. The van der Waals surface area contributed by atoms with Crippen molar-refractivity contribution in [2.45, 2.75) is 44.2 Å². The molecule has 6 heteroatoms. The lowest BCUT2D eigenvalue weighted by molar-refractivity contribution is 0.285. The molecule has 1 aromatic heterocycles. The fraction of sp³-hybridized carbons (Fsp3) is 0.667. The molecule has 1 aliphatic carbocycles. The summed E-state index contributed by atoms with van der Waals surface area (Å²) in [6.45, 7) is 3.64. The molecule has 0 aromatic carbocycles. The van der Waals surface area contributed by atoms with Crippen molar-refractivity contribution in [1.82, 2.24) is 4.31 Å². The van der Waals surface area contributed by atoms with Gasteiger partial charge in [0.1, 0.15) is 0 Å². The second-order valence-corrected chi connectivity index (χ2v) is 8.20. The Balaban J connectivity index is 2.31. The maximum absolute atomic E-state index is 12.5. The van der Waals surface area contributed by atoms with Gasteiger partial charge in [0.2, 0.25) is 10.0 Å². The Morgan fingerprint density at radius 3 is 2.61 bits per heavy atom. The van der Waals surface area contributed by atoms with E-state index in [-0.39, 0.29) is 12.6 Å². The van der Waals surface area contributed by atoms with Crippen molar-refractivity contribution in [1.29, 1.82) is 0 Å². The van der Waals surface area contributed by atoms with Crippen molar-refractivity contribution in [3.63, 3.8) is 0 Å². The van der Waals surface area contributed by atoms with Crippen molar-refractivity contribution in [3.05, 3.63) is 15.8 Å². The molecule has 1 aromatic rings. The van der Waals surface area contributed by atoms with Crippen LogP contribution in [0.5, 0.6) is 0 Å². The van der Waals surface area contributed by atoms with Crippen LogP contribution in [-0.4, -0.2) is 30.9 Å². The van der Waals surface area contributed by atoms with E-state index in [2.05, 4.69) is 0 Å². The molecule has 0 radical (unpaired) electrons. The standard InChI is InChI=1S/C12H19NO3S2/c1-8(10-4-5-10)13(3)18(15,16)12-6-11(7-14)17-9(12)2/h6,8,10,14H,4-5,7H2,1-3H3. The highest BCUT2D eigenvalue weighted by Gasteiger charge is 2.36. The van der Waals surface area contributed by atoms with Gasteiger partial charge in [-0.25, -0.2) is 8.42 Å². The van der Waals surface area contributed by atoms with E-state index in [9.17, 15) is 8.42 Å². The summed E-state index contributed by atoms with van der Waals surface area (Å²) >= 11 is 1.34. The fourth-order valence-electron chi connectivity index (χ4n) is 2.11. The minimum absolute atomic E-state index is 0.0480. The highest BCUT2D eigenvalue weighted by atomic mass is 32.2. The molecule has 18 heavy (non-hydrogen) atoms. The predicted octanol–water partition coefficient (Wildman–Crippen LogP) is 1.97. The highest BCUT2D eigenvalue weighted by Crippen LogP contribution is 2.37. The molecule has 4 nitrogen and oxygen atoms in total. The number of aliphatic hydroxyl groups excluding tert-OH is 1. The lowest BCUT2D eigenvalue weighted by Gasteiger charge is -2.24. The zero-order valence-corrected chi connectivity index (χ0v) is 12.5. The van der Waals surface area contributed by atoms with E-state index in [0.29, 0.717) is 15.7 Å². The number of aryl methyl sites for hydroxylation is 1. The smallest absolute Gasteiger partial charge is 0.244 e. The monoisotopic (exact) mass is 289 g/mol. The summed E-state index contributed by atoms with van der Waals surface area (Å²) in [6.07, 6.45) is 2.23. The molecular weight excluding hydrogens is 270 g/mol. The second-order valence-electron chi connectivity index (χ2n) is 4.89. The van der Waals surface area contributed by atoms with Crippen molar-refractivity contribution in [2.24, 2.45) is 5.92 Å². The van der Waals surface area contributed by atoms with Gasteiger partial charge in [-0.15, -0.1) is 11.3 Å². The van der Waals surface area contributed by atoms with Gasteiger partial charge < -0.3 is 5.11 Å². The van der Waals surface area contributed by atoms with Gasteiger partial charge in [0, 0.05) is 22.8 Å². The van der Waals surface area contributed by atoms with Crippen LogP contribution in [0.1, 0.15) is 29.5 Å². The molecule has 1 unspecified atom stereocenters. The fourth-order valence-corrected chi connectivity index (χ4v) is 4.99. The normalized spacial score (nSPS) is 18.3. The number of sulfonamides is 1. The van der Waals surface area contributed by atoms with Gasteiger partial charge in [-0.05, 0) is 38.7 Å². The molecule has 0 saturated heterocycles. The van der Waals surface area contributed by atoms with Gasteiger partial charge in [-0.1, -0.05) is 0 Å². The summed E-state index contributed by atoms with van der Waals surface area (Å²) in [5.41, 5.74) is 0. The molecule has 1 heterocycles. The Morgan fingerprint density at radius 1 is 1.56 bits per heavy atom. The van der Waals surface area contributed by atoms with Crippen LogP contribution in [0.3, 0.4) is 0 Å². The van der Waals surface area contributed by atoms with E-state index in [0.717, 1.165) is 17.7 Å². The average molecular weight is 289 g/mol. The van der Waals surface area contributed by atoms with Crippen LogP contribution in [0.2, 0.25) is 0 Å². The largest absolute Gasteiger partial charge is 0.391 e. The number of hydrogen-bond donors (Lipinski definition) is 1. The Bertz CT molecular complexity index is 532. The van der Waals surface area contributed by atoms with Crippen LogP contribution < -0.4 is 0 Å². The molecule has 1 fully saturated rings. The van der Waals surface area contributed by atoms with Gasteiger partial charge in [-0.3, -0.25) is 0 Å². The van der Waals surface area contributed by atoms with E-state index in [1.54, 1.807) is 20.0 Å². The quantitative estimate of drug-likeness (QED) is 0.901. The van der Waals surface area contributed by atoms with Crippen LogP contribution >= 0.6 is 11.3 Å². The lowest BCUT2D eigenvalue weighted by Crippen LogP contribution is -2.36. The van der Waals surface area contributed by atoms with Crippen LogP contribution in [-0.2, 0) is 16.6 Å². The first-order chi connectivity index (χ1) is 8.37. The summed E-state index contributed by atoms with van der Waals surface area (Å²) < 4.78 is 26.5. The minimum Gasteiger partial charge on any atom is -0.391 e. The van der Waals surface area contributed by atoms with Gasteiger partial charge in [0.15, 0.2) is 0 Å². The van der Waals surface area contributed by atoms with Crippen LogP contribution in [0.25, 0.3) is 0 Å². The maximum atomic E-state index is 12.5. The Morgan fingerprint density at radius 2 is 2.17 bits per heavy atom. The molecule has 1 aliphatic rings. The molecule has 102 valence electrons. The van der Waals surface area contributed by atoms with Gasteiger partial charge in [0.25, 0.3) is 0 Å². The van der Waals surface area contributed by atoms with Crippen LogP contribution in [0, 0.1) is 12.8 Å². The molecule has 0 aliphatic heterocycles. The minimum atomic E-state index is -3.43. The molecule has 0 spiro atoms. The second kappa shape index (κ2) is 4.92. The van der Waals surface area contributed by atoms with E-state index in [1.165, 1.54) is 15.6 Å². The average Bonchev–Trinajstić information content (AvgIpc) is 3.10. The zero-order chi connectivity index (χ0) is 13.5. The number of rotatable bonds is 5. The zero-order valence-electron chi connectivity index (χ0n) is 10.9. The third-order valence-corrected chi connectivity index (χ3v) is 6.85. The van der Waals surface area contributed by atoms with Gasteiger partial charge in [-0.2, -0.15) is 4.31 Å². The predicted molar refractivity (Wildman–Crippen MR) is 72.1 cm³/mol. The maximum Gasteiger partial charge on any atom is 0.244 e. The first-order valence-electron chi connectivity index (χ1n) is 6.06. The molecular formula is C12H19NO3S2.